The molecule has 4 heteroatoms. The summed E-state index contributed by atoms with van der Waals surface area (Å²) < 4.78 is 0. The van der Waals surface area contributed by atoms with Gasteiger partial charge in [-0.1, -0.05) is 20.3 Å². The molecule has 1 aromatic rings. The summed E-state index contributed by atoms with van der Waals surface area (Å²) in [5, 5.41) is 6.46. The first kappa shape index (κ1) is 15.8. The fourth-order valence-corrected chi connectivity index (χ4v) is 2.86. The van der Waals surface area contributed by atoms with Gasteiger partial charge in [0.15, 0.2) is 0 Å². The molecule has 0 unspecified atom stereocenters. The number of hydrogen-bond donors (Lipinski definition) is 2. The van der Waals surface area contributed by atoms with Crippen molar-refractivity contribution in [2.24, 2.45) is 0 Å². The van der Waals surface area contributed by atoms with E-state index in [-0.39, 0.29) is 11.4 Å². The van der Waals surface area contributed by atoms with Crippen molar-refractivity contribution in [1.29, 1.82) is 0 Å². The van der Waals surface area contributed by atoms with Gasteiger partial charge in [0.2, 0.25) is 0 Å². The molecule has 1 amide bonds. The zero-order valence-electron chi connectivity index (χ0n) is 13.5. The van der Waals surface area contributed by atoms with Gasteiger partial charge in [0.05, 0.1) is 0 Å². The average Bonchev–Trinajstić information content (AvgIpc) is 2.43. The number of amides is 1. The monoisotopic (exact) mass is 289 g/mol. The number of nitrogens with one attached hydrogen (secondary N) is 2. The standard InChI is InChI=1S/C17H27N3O/c1-4-8-14-11-13(12-15(19-14)18-6-3)16(21)20-17(5-2)9-7-10-17/h11-12H,4-10H2,1-3H3,(H,18,19)(H,20,21). The van der Waals surface area contributed by atoms with Crippen LogP contribution in [-0.2, 0) is 6.42 Å². The summed E-state index contributed by atoms with van der Waals surface area (Å²) in [6.45, 7) is 7.12. The molecule has 0 spiro atoms. The van der Waals surface area contributed by atoms with Crippen LogP contribution in [0.1, 0.15) is 68.9 Å². The molecule has 0 aliphatic heterocycles. The van der Waals surface area contributed by atoms with Gasteiger partial charge in [0, 0.05) is 23.3 Å². The van der Waals surface area contributed by atoms with Crippen molar-refractivity contribution in [3.05, 3.63) is 23.4 Å². The van der Waals surface area contributed by atoms with Crippen LogP contribution in [-0.4, -0.2) is 23.0 Å². The van der Waals surface area contributed by atoms with Crippen LogP contribution in [0, 0.1) is 0 Å². The second-order valence-electron chi connectivity index (χ2n) is 5.95. The zero-order chi connectivity index (χ0) is 15.3. The third kappa shape index (κ3) is 3.74. The molecule has 0 atom stereocenters. The minimum Gasteiger partial charge on any atom is -0.370 e. The van der Waals surface area contributed by atoms with E-state index < -0.39 is 0 Å². The van der Waals surface area contributed by atoms with Crippen LogP contribution in [0.25, 0.3) is 0 Å². The third-order valence-electron chi connectivity index (χ3n) is 4.37. The van der Waals surface area contributed by atoms with Gasteiger partial charge < -0.3 is 10.6 Å². The van der Waals surface area contributed by atoms with Gasteiger partial charge in [0.1, 0.15) is 5.82 Å². The highest BCUT2D eigenvalue weighted by molar-refractivity contribution is 5.95. The van der Waals surface area contributed by atoms with E-state index >= 15 is 0 Å². The number of carbonyl (C=O) groups excluding carboxylic acids is 1. The molecule has 1 aliphatic rings. The predicted octanol–water partition coefficient (Wildman–Crippen LogP) is 3.53. The zero-order valence-corrected chi connectivity index (χ0v) is 13.5. The Labute approximate surface area is 127 Å². The van der Waals surface area contributed by atoms with Crippen LogP contribution in [0.3, 0.4) is 0 Å². The molecule has 0 saturated heterocycles. The number of hydrogen-bond acceptors (Lipinski definition) is 3. The first-order chi connectivity index (χ1) is 10.1. The highest BCUT2D eigenvalue weighted by Crippen LogP contribution is 2.34. The lowest BCUT2D eigenvalue weighted by molar-refractivity contribution is 0.0820. The van der Waals surface area contributed by atoms with Gasteiger partial charge in [-0.25, -0.2) is 4.98 Å². The van der Waals surface area contributed by atoms with Gasteiger partial charge in [-0.3, -0.25) is 4.79 Å². The molecular weight excluding hydrogens is 262 g/mol. The van der Waals surface area contributed by atoms with Crippen LogP contribution < -0.4 is 10.6 Å². The maximum absolute atomic E-state index is 12.6. The molecule has 2 rings (SSSR count). The predicted molar refractivity (Wildman–Crippen MR) is 86.7 cm³/mol. The molecule has 1 aromatic heterocycles. The van der Waals surface area contributed by atoms with Gasteiger partial charge in [0.25, 0.3) is 5.91 Å². The van der Waals surface area contributed by atoms with E-state index in [0.717, 1.165) is 55.7 Å². The maximum Gasteiger partial charge on any atom is 0.251 e. The Morgan fingerprint density at radius 3 is 2.57 bits per heavy atom. The molecular formula is C17H27N3O. The minimum atomic E-state index is 0.0314. The van der Waals surface area contributed by atoms with Gasteiger partial charge >= 0.3 is 0 Å². The molecule has 1 aliphatic carbocycles. The van der Waals surface area contributed by atoms with E-state index in [4.69, 9.17) is 0 Å². The average molecular weight is 289 g/mol. The van der Waals surface area contributed by atoms with Crippen LogP contribution in [0.2, 0.25) is 0 Å². The first-order valence-electron chi connectivity index (χ1n) is 8.20. The second kappa shape index (κ2) is 6.92. The lowest BCUT2D eigenvalue weighted by atomic mass is 9.74. The van der Waals surface area contributed by atoms with E-state index in [1.807, 2.05) is 19.1 Å². The van der Waals surface area contributed by atoms with Crippen LogP contribution in [0.5, 0.6) is 0 Å². The van der Waals surface area contributed by atoms with Crippen molar-refractivity contribution in [2.75, 3.05) is 11.9 Å². The Morgan fingerprint density at radius 1 is 1.29 bits per heavy atom. The molecule has 0 bridgehead atoms. The normalized spacial score (nSPS) is 16.1. The number of carbonyl (C=O) groups is 1. The van der Waals surface area contributed by atoms with Crippen molar-refractivity contribution in [3.63, 3.8) is 0 Å². The molecule has 1 heterocycles. The molecule has 1 fully saturated rings. The summed E-state index contributed by atoms with van der Waals surface area (Å²) in [7, 11) is 0. The highest BCUT2D eigenvalue weighted by Gasteiger charge is 2.36. The molecule has 4 nitrogen and oxygen atoms in total. The van der Waals surface area contributed by atoms with Crippen molar-refractivity contribution in [2.45, 2.75) is 64.8 Å². The molecule has 21 heavy (non-hydrogen) atoms. The largest absolute Gasteiger partial charge is 0.370 e. The number of nitrogens with zero attached hydrogens (tertiary/aromatic N) is 1. The number of aryl methyl sites for hydroxylation is 1. The van der Waals surface area contributed by atoms with Crippen molar-refractivity contribution in [3.8, 4) is 0 Å². The van der Waals surface area contributed by atoms with E-state index in [2.05, 4.69) is 29.5 Å². The summed E-state index contributed by atoms with van der Waals surface area (Å²) in [4.78, 5) is 17.1. The Hall–Kier alpha value is -1.58. The lowest BCUT2D eigenvalue weighted by Crippen LogP contribution is -2.53. The maximum atomic E-state index is 12.6. The van der Waals surface area contributed by atoms with E-state index in [1.165, 1.54) is 6.42 Å². The summed E-state index contributed by atoms with van der Waals surface area (Å²) in [6, 6.07) is 3.79. The minimum absolute atomic E-state index is 0.0314. The Morgan fingerprint density at radius 2 is 2.05 bits per heavy atom. The Balaban J connectivity index is 2.18. The molecule has 1 saturated carbocycles. The quantitative estimate of drug-likeness (QED) is 0.807. The summed E-state index contributed by atoms with van der Waals surface area (Å²) >= 11 is 0. The fourth-order valence-electron chi connectivity index (χ4n) is 2.86. The summed E-state index contributed by atoms with van der Waals surface area (Å²) in [5.74, 6) is 0.836. The molecule has 0 radical (unpaired) electrons. The number of anilines is 1. The van der Waals surface area contributed by atoms with E-state index in [1.54, 1.807) is 0 Å². The lowest BCUT2D eigenvalue weighted by Gasteiger charge is -2.42. The Bertz CT molecular complexity index is 465. The SMILES string of the molecule is CCCc1cc(C(=O)NC2(CC)CCC2)cc(NCC)n1. The third-order valence-corrected chi connectivity index (χ3v) is 4.37. The van der Waals surface area contributed by atoms with Crippen molar-refractivity contribution < 1.29 is 4.79 Å². The number of pyridine rings is 1. The molecule has 2 N–H and O–H groups in total. The van der Waals surface area contributed by atoms with Crippen molar-refractivity contribution in [1.82, 2.24) is 10.3 Å². The van der Waals surface area contributed by atoms with Gasteiger partial charge in [-0.2, -0.15) is 0 Å². The van der Waals surface area contributed by atoms with E-state index in [9.17, 15) is 4.79 Å². The van der Waals surface area contributed by atoms with E-state index in [0.29, 0.717) is 0 Å². The van der Waals surface area contributed by atoms with Crippen LogP contribution in [0.4, 0.5) is 5.82 Å². The second-order valence-corrected chi connectivity index (χ2v) is 5.95. The Kier molecular flexibility index (Phi) is 5.21. The topological polar surface area (TPSA) is 54.0 Å². The molecule has 116 valence electrons. The number of aromatic nitrogens is 1. The first-order valence-corrected chi connectivity index (χ1v) is 8.20. The highest BCUT2D eigenvalue weighted by atomic mass is 16.1. The fraction of sp³-hybridized carbons (Fsp3) is 0.647. The van der Waals surface area contributed by atoms with Gasteiger partial charge in [-0.15, -0.1) is 0 Å². The van der Waals surface area contributed by atoms with Gasteiger partial charge in [-0.05, 0) is 51.2 Å². The van der Waals surface area contributed by atoms with Crippen LogP contribution >= 0.6 is 0 Å². The van der Waals surface area contributed by atoms with Crippen molar-refractivity contribution >= 4 is 11.7 Å². The smallest absolute Gasteiger partial charge is 0.251 e. The van der Waals surface area contributed by atoms with Crippen LogP contribution in [0.15, 0.2) is 12.1 Å². The summed E-state index contributed by atoms with van der Waals surface area (Å²) in [5.41, 5.74) is 1.74. The summed E-state index contributed by atoms with van der Waals surface area (Å²) in [6.07, 6.45) is 6.35. The molecule has 0 aromatic carbocycles. The number of rotatable bonds is 7.